The Morgan fingerprint density at radius 1 is 1.47 bits per heavy atom. The number of carboxylic acid groups (broad SMARTS) is 1. The molecule has 0 aliphatic carbocycles. The Hall–Kier alpha value is -0.630. The third kappa shape index (κ3) is 3.45. The maximum Gasteiger partial charge on any atom is 0.430 e. The molecule has 8 heteroatoms. The number of hydrogen-bond acceptors (Lipinski definition) is 3. The zero-order chi connectivity index (χ0) is 11.6. The zero-order valence-electron chi connectivity index (χ0n) is 7.62. The van der Waals surface area contributed by atoms with Crippen LogP contribution in [0.1, 0.15) is 6.42 Å². The average molecular weight is 245 g/mol. The van der Waals surface area contributed by atoms with Gasteiger partial charge in [0.15, 0.2) is 0 Å². The van der Waals surface area contributed by atoms with Gasteiger partial charge < -0.3 is 15.2 Å². The van der Waals surface area contributed by atoms with E-state index < -0.39 is 22.9 Å². The molecule has 2 heterocycles. The number of alkyl halides is 3. The molecule has 0 radical (unpaired) electrons. The van der Waals surface area contributed by atoms with Gasteiger partial charge in [0, 0.05) is 17.2 Å². The predicted molar refractivity (Wildman–Crippen MR) is 43.1 cm³/mol. The van der Waals surface area contributed by atoms with E-state index in [4.69, 9.17) is 9.90 Å². The Labute approximate surface area is 86.3 Å². The highest BCUT2D eigenvalue weighted by molar-refractivity contribution is 7.86. The van der Waals surface area contributed by atoms with Crippen molar-refractivity contribution in [1.82, 2.24) is 0 Å². The van der Waals surface area contributed by atoms with E-state index in [-0.39, 0.29) is 0 Å². The van der Waals surface area contributed by atoms with Gasteiger partial charge >= 0.3 is 6.18 Å². The van der Waals surface area contributed by atoms with Crippen LogP contribution in [0.25, 0.3) is 0 Å². The standard InChI is InChI=1S/C5H9NOS.C2HF3O2/c7-8-3-4-1-5(8)2-6-4;3-2(4,5)1(6)7/h4-6H,1-3H2;(H,6,7)/t4-,5-,8+;/m0./s1. The van der Waals surface area contributed by atoms with Crippen LogP contribution in [-0.2, 0) is 15.6 Å². The maximum absolute atomic E-state index is 10.9. The quantitative estimate of drug-likeness (QED) is 0.524. The molecule has 0 amide bonds. The number of nitrogens with two attached hydrogens (primary N) is 1. The van der Waals surface area contributed by atoms with Gasteiger partial charge in [-0.2, -0.15) is 13.2 Å². The maximum atomic E-state index is 10.9. The molecule has 2 N–H and O–H groups in total. The fourth-order valence-electron chi connectivity index (χ4n) is 1.57. The number of halogens is 3. The summed E-state index contributed by atoms with van der Waals surface area (Å²) in [6, 6.07) is 0.723. The second-order valence-electron chi connectivity index (χ2n) is 3.42. The molecule has 0 aromatic carbocycles. The van der Waals surface area contributed by atoms with Gasteiger partial charge in [-0.05, 0) is 0 Å². The largest absolute Gasteiger partial charge is 0.542 e. The number of carbonyl (C=O) groups excluding carboxylic acids is 1. The van der Waals surface area contributed by atoms with E-state index in [1.165, 1.54) is 6.42 Å². The van der Waals surface area contributed by atoms with Crippen molar-refractivity contribution in [2.24, 2.45) is 0 Å². The Kier molecular flexibility index (Phi) is 3.72. The van der Waals surface area contributed by atoms with Crippen molar-refractivity contribution in [3.63, 3.8) is 0 Å². The van der Waals surface area contributed by atoms with Gasteiger partial charge in [0.1, 0.15) is 5.97 Å². The van der Waals surface area contributed by atoms with Crippen LogP contribution in [0.15, 0.2) is 0 Å². The fourth-order valence-corrected chi connectivity index (χ4v) is 3.33. The lowest BCUT2D eigenvalue weighted by Gasteiger charge is -2.05. The summed E-state index contributed by atoms with van der Waals surface area (Å²) in [4.78, 5) is 8.78. The van der Waals surface area contributed by atoms with Crippen molar-refractivity contribution in [2.75, 3.05) is 12.3 Å². The van der Waals surface area contributed by atoms with Crippen LogP contribution in [0.3, 0.4) is 0 Å². The number of hydrogen-bond donors (Lipinski definition) is 1. The normalized spacial score (nSPS) is 33.4. The van der Waals surface area contributed by atoms with Crippen molar-refractivity contribution in [3.8, 4) is 0 Å². The van der Waals surface area contributed by atoms with Crippen molar-refractivity contribution >= 4 is 16.8 Å². The molecule has 2 rings (SSSR count). The topological polar surface area (TPSA) is 73.8 Å². The molecule has 2 aliphatic rings. The summed E-state index contributed by atoms with van der Waals surface area (Å²) in [5, 5.41) is 11.7. The lowest BCUT2D eigenvalue weighted by molar-refractivity contribution is -0.666. The lowest BCUT2D eigenvalue weighted by atomic mass is 10.3. The van der Waals surface area contributed by atoms with Gasteiger partial charge in [-0.15, -0.1) is 0 Å². The van der Waals surface area contributed by atoms with Crippen molar-refractivity contribution < 1.29 is 32.6 Å². The fraction of sp³-hybridized carbons (Fsp3) is 0.857. The first-order valence-electron chi connectivity index (χ1n) is 4.29. The Bertz CT molecular complexity index is 281. The molecule has 88 valence electrons. The molecule has 0 aromatic heterocycles. The predicted octanol–water partition coefficient (Wildman–Crippen LogP) is -2.25. The number of fused-ring (bicyclic) bond motifs is 2. The van der Waals surface area contributed by atoms with Crippen LogP contribution in [0.5, 0.6) is 0 Å². The summed E-state index contributed by atoms with van der Waals surface area (Å²) in [5.74, 6) is -2.04. The van der Waals surface area contributed by atoms with Gasteiger partial charge in [0.25, 0.3) is 0 Å². The highest BCUT2D eigenvalue weighted by Crippen LogP contribution is 2.16. The van der Waals surface area contributed by atoms with E-state index >= 15 is 0 Å². The molecule has 0 spiro atoms. The highest BCUT2D eigenvalue weighted by Gasteiger charge is 2.40. The Morgan fingerprint density at radius 2 is 2.00 bits per heavy atom. The van der Waals surface area contributed by atoms with E-state index in [2.05, 4.69) is 5.32 Å². The molecule has 2 aliphatic heterocycles. The monoisotopic (exact) mass is 245 g/mol. The second-order valence-corrected chi connectivity index (χ2v) is 5.18. The number of rotatable bonds is 0. The van der Waals surface area contributed by atoms with Gasteiger partial charge in [-0.3, -0.25) is 4.21 Å². The van der Waals surface area contributed by atoms with E-state index in [0.29, 0.717) is 5.25 Å². The van der Waals surface area contributed by atoms with Crippen LogP contribution < -0.4 is 10.4 Å². The molecule has 2 saturated heterocycles. The lowest BCUT2D eigenvalue weighted by Crippen LogP contribution is -2.89. The summed E-state index contributed by atoms with van der Waals surface area (Å²) in [6.45, 7) is 1.12. The molecule has 0 saturated carbocycles. The zero-order valence-corrected chi connectivity index (χ0v) is 8.44. The molecule has 3 atom stereocenters. The molecule has 15 heavy (non-hydrogen) atoms. The molecule has 0 unspecified atom stereocenters. The van der Waals surface area contributed by atoms with Crippen LogP contribution in [0.2, 0.25) is 0 Å². The number of aliphatic carboxylic acids is 1. The number of carboxylic acids is 1. The van der Waals surface area contributed by atoms with Crippen molar-refractivity contribution in [1.29, 1.82) is 0 Å². The third-order valence-corrected chi connectivity index (χ3v) is 4.16. The van der Waals surface area contributed by atoms with Crippen LogP contribution in [0, 0.1) is 0 Å². The first-order valence-corrected chi connectivity index (χ1v) is 5.67. The van der Waals surface area contributed by atoms with Gasteiger partial charge in [0.05, 0.1) is 23.6 Å². The Balaban J connectivity index is 0.000000153. The molecule has 0 aromatic rings. The number of carbonyl (C=O) groups is 1. The van der Waals surface area contributed by atoms with E-state index in [0.717, 1.165) is 18.3 Å². The average Bonchev–Trinajstić information content (AvgIpc) is 2.63. The summed E-state index contributed by atoms with van der Waals surface area (Å²) in [5.41, 5.74) is 0. The van der Waals surface area contributed by atoms with E-state index in [9.17, 15) is 17.4 Å². The van der Waals surface area contributed by atoms with Crippen LogP contribution in [-0.4, -0.2) is 39.9 Å². The smallest absolute Gasteiger partial charge is 0.430 e. The van der Waals surface area contributed by atoms with Gasteiger partial charge in [-0.25, -0.2) is 0 Å². The van der Waals surface area contributed by atoms with Crippen molar-refractivity contribution in [3.05, 3.63) is 0 Å². The van der Waals surface area contributed by atoms with Crippen LogP contribution >= 0.6 is 0 Å². The number of quaternary nitrogens is 1. The van der Waals surface area contributed by atoms with Gasteiger partial charge in [-0.1, -0.05) is 0 Å². The summed E-state index contributed by atoms with van der Waals surface area (Å²) >= 11 is 0. The minimum atomic E-state index is -5.19. The summed E-state index contributed by atoms with van der Waals surface area (Å²) < 4.78 is 42.5. The SMILES string of the molecule is O=C([O-])C(F)(F)F.O=[S@@]1C[C@@H]2C[C@H]1C[NH2+]2. The summed E-state index contributed by atoms with van der Waals surface area (Å²) in [6.07, 6.45) is -3.98. The molecule has 2 bridgehead atoms. The minimum absolute atomic E-state index is 0.442. The second kappa shape index (κ2) is 4.48. The Morgan fingerprint density at radius 3 is 2.13 bits per heavy atom. The minimum Gasteiger partial charge on any atom is -0.542 e. The van der Waals surface area contributed by atoms with E-state index in [1.54, 1.807) is 0 Å². The third-order valence-electron chi connectivity index (χ3n) is 2.28. The summed E-state index contributed by atoms with van der Waals surface area (Å²) in [7, 11) is -0.442. The molecule has 2 fully saturated rings. The van der Waals surface area contributed by atoms with Crippen LogP contribution in [0.4, 0.5) is 13.2 Å². The molecular weight excluding hydrogens is 235 g/mol. The van der Waals surface area contributed by atoms with Crippen molar-refractivity contribution in [2.45, 2.75) is 23.9 Å². The first-order chi connectivity index (χ1) is 6.80. The van der Waals surface area contributed by atoms with Gasteiger partial charge in [0.2, 0.25) is 0 Å². The highest BCUT2D eigenvalue weighted by atomic mass is 32.2. The molecular formula is C7H10F3NO3S. The van der Waals surface area contributed by atoms with E-state index in [1.807, 2.05) is 0 Å². The molecule has 4 nitrogen and oxygen atoms in total. The first kappa shape index (κ1) is 12.4.